The molecule has 1 rings (SSSR count). The van der Waals surface area contributed by atoms with Gasteiger partial charge in [-0.2, -0.15) is 0 Å². The molecule has 18 heavy (non-hydrogen) atoms. The van der Waals surface area contributed by atoms with Crippen molar-refractivity contribution in [3.63, 3.8) is 0 Å². The Labute approximate surface area is 107 Å². The van der Waals surface area contributed by atoms with Crippen LogP contribution in [0.4, 0.5) is 4.39 Å². The monoisotopic (exact) mass is 254 g/mol. The second-order valence-electron chi connectivity index (χ2n) is 4.83. The third-order valence-corrected chi connectivity index (χ3v) is 2.83. The lowest BCUT2D eigenvalue weighted by molar-refractivity contribution is -0.142. The van der Waals surface area contributed by atoms with Gasteiger partial charge in [0, 0.05) is 6.07 Å². The van der Waals surface area contributed by atoms with E-state index in [0.29, 0.717) is 17.7 Å². The molecule has 0 spiro atoms. The predicted octanol–water partition coefficient (Wildman–Crippen LogP) is 3.12. The van der Waals surface area contributed by atoms with Gasteiger partial charge in [0.25, 0.3) is 0 Å². The van der Waals surface area contributed by atoms with Crippen molar-refractivity contribution in [1.82, 2.24) is 0 Å². The van der Waals surface area contributed by atoms with E-state index in [4.69, 9.17) is 9.84 Å². The fourth-order valence-corrected chi connectivity index (χ4v) is 1.93. The maximum atomic E-state index is 13.7. The van der Waals surface area contributed by atoms with E-state index < -0.39 is 17.7 Å². The lowest BCUT2D eigenvalue weighted by Gasteiger charge is -2.15. The van der Waals surface area contributed by atoms with E-state index in [1.54, 1.807) is 12.1 Å². The Bertz CT molecular complexity index is 416. The number of carboxylic acid groups (broad SMARTS) is 1. The van der Waals surface area contributed by atoms with Crippen molar-refractivity contribution < 1.29 is 19.0 Å². The fraction of sp³-hybridized carbons (Fsp3) is 0.500. The third-order valence-electron chi connectivity index (χ3n) is 2.83. The van der Waals surface area contributed by atoms with Gasteiger partial charge >= 0.3 is 5.97 Å². The summed E-state index contributed by atoms with van der Waals surface area (Å²) in [7, 11) is 1.47. The van der Waals surface area contributed by atoms with Crippen LogP contribution in [0.2, 0.25) is 0 Å². The molecule has 0 heterocycles. The van der Waals surface area contributed by atoms with Crippen LogP contribution >= 0.6 is 0 Å². The minimum atomic E-state index is -0.876. The summed E-state index contributed by atoms with van der Waals surface area (Å²) in [6.07, 6.45) is 0.754. The molecule has 0 radical (unpaired) electrons. The van der Waals surface area contributed by atoms with Crippen molar-refractivity contribution in [2.45, 2.75) is 26.7 Å². The van der Waals surface area contributed by atoms with Crippen molar-refractivity contribution in [3.8, 4) is 5.75 Å². The van der Waals surface area contributed by atoms with Gasteiger partial charge < -0.3 is 9.84 Å². The SMILES string of the molecule is COc1ccc(CC(CC(C)C)C(=O)O)c(F)c1. The van der Waals surface area contributed by atoms with Crippen molar-refractivity contribution in [1.29, 1.82) is 0 Å². The van der Waals surface area contributed by atoms with Gasteiger partial charge in [-0.1, -0.05) is 19.9 Å². The lowest BCUT2D eigenvalue weighted by atomic mass is 9.91. The molecular formula is C14H19FO3. The number of carbonyl (C=O) groups is 1. The van der Waals surface area contributed by atoms with Gasteiger partial charge in [0.1, 0.15) is 11.6 Å². The molecule has 0 amide bonds. The first kappa shape index (κ1) is 14.5. The summed E-state index contributed by atoms with van der Waals surface area (Å²) in [5, 5.41) is 9.13. The molecule has 0 fully saturated rings. The Morgan fingerprint density at radius 3 is 2.56 bits per heavy atom. The number of rotatable bonds is 6. The Morgan fingerprint density at radius 1 is 1.44 bits per heavy atom. The molecule has 1 aromatic carbocycles. The standard InChI is InChI=1S/C14H19FO3/c1-9(2)6-11(14(16)17)7-10-4-5-12(18-3)8-13(10)15/h4-5,8-9,11H,6-7H2,1-3H3,(H,16,17). The highest BCUT2D eigenvalue weighted by molar-refractivity contribution is 5.70. The number of halogens is 1. The van der Waals surface area contributed by atoms with E-state index in [-0.39, 0.29) is 12.3 Å². The molecule has 0 bridgehead atoms. The van der Waals surface area contributed by atoms with Crippen LogP contribution in [0.1, 0.15) is 25.8 Å². The zero-order valence-corrected chi connectivity index (χ0v) is 10.9. The molecule has 4 heteroatoms. The van der Waals surface area contributed by atoms with Crippen molar-refractivity contribution in [3.05, 3.63) is 29.6 Å². The van der Waals surface area contributed by atoms with Crippen molar-refractivity contribution >= 4 is 5.97 Å². The third kappa shape index (κ3) is 4.02. The summed E-state index contributed by atoms with van der Waals surface area (Å²) < 4.78 is 18.6. The van der Waals surface area contributed by atoms with E-state index in [1.165, 1.54) is 13.2 Å². The number of aliphatic carboxylic acids is 1. The second-order valence-corrected chi connectivity index (χ2v) is 4.83. The highest BCUT2D eigenvalue weighted by Gasteiger charge is 2.21. The van der Waals surface area contributed by atoms with Crippen LogP contribution in [0.15, 0.2) is 18.2 Å². The molecule has 0 aromatic heterocycles. The smallest absolute Gasteiger partial charge is 0.306 e. The number of carboxylic acids is 1. The average molecular weight is 254 g/mol. The molecule has 0 aliphatic carbocycles. The summed E-state index contributed by atoms with van der Waals surface area (Å²) in [6, 6.07) is 4.51. The van der Waals surface area contributed by atoms with E-state index >= 15 is 0 Å². The summed E-state index contributed by atoms with van der Waals surface area (Å²) in [5.74, 6) is -1.13. The first-order chi connectivity index (χ1) is 8.43. The quantitative estimate of drug-likeness (QED) is 0.848. The van der Waals surface area contributed by atoms with Gasteiger partial charge in [0.15, 0.2) is 0 Å². The molecule has 0 saturated carbocycles. The van der Waals surface area contributed by atoms with Crippen LogP contribution in [0.25, 0.3) is 0 Å². The van der Waals surface area contributed by atoms with Gasteiger partial charge in [0.2, 0.25) is 0 Å². The molecule has 3 nitrogen and oxygen atoms in total. The Morgan fingerprint density at radius 2 is 2.11 bits per heavy atom. The van der Waals surface area contributed by atoms with E-state index in [9.17, 15) is 9.18 Å². The maximum absolute atomic E-state index is 13.7. The molecule has 0 aliphatic heterocycles. The second kappa shape index (κ2) is 6.38. The van der Waals surface area contributed by atoms with Gasteiger partial charge in [0.05, 0.1) is 13.0 Å². The van der Waals surface area contributed by atoms with Crippen LogP contribution in [0, 0.1) is 17.7 Å². The largest absolute Gasteiger partial charge is 0.497 e. The number of hydrogen-bond donors (Lipinski definition) is 1. The highest BCUT2D eigenvalue weighted by atomic mass is 19.1. The summed E-state index contributed by atoms with van der Waals surface area (Å²) >= 11 is 0. The number of hydrogen-bond acceptors (Lipinski definition) is 2. The predicted molar refractivity (Wildman–Crippen MR) is 67.2 cm³/mol. The highest BCUT2D eigenvalue weighted by Crippen LogP contribution is 2.22. The van der Waals surface area contributed by atoms with E-state index in [0.717, 1.165) is 0 Å². The molecule has 1 atom stereocenters. The first-order valence-corrected chi connectivity index (χ1v) is 5.99. The topological polar surface area (TPSA) is 46.5 Å². The van der Waals surface area contributed by atoms with Crippen LogP contribution in [0.5, 0.6) is 5.75 Å². The molecule has 1 aromatic rings. The van der Waals surface area contributed by atoms with Crippen molar-refractivity contribution in [2.75, 3.05) is 7.11 Å². The fourth-order valence-electron chi connectivity index (χ4n) is 1.93. The molecule has 1 unspecified atom stereocenters. The molecule has 100 valence electrons. The van der Waals surface area contributed by atoms with Gasteiger partial charge in [-0.05, 0) is 30.4 Å². The van der Waals surface area contributed by atoms with Crippen LogP contribution < -0.4 is 4.74 Å². The first-order valence-electron chi connectivity index (χ1n) is 5.99. The van der Waals surface area contributed by atoms with Crippen LogP contribution in [-0.4, -0.2) is 18.2 Å². The van der Waals surface area contributed by atoms with Crippen molar-refractivity contribution in [2.24, 2.45) is 11.8 Å². The number of ether oxygens (including phenoxy) is 1. The summed E-state index contributed by atoms with van der Waals surface area (Å²) in [6.45, 7) is 3.92. The zero-order valence-electron chi connectivity index (χ0n) is 10.9. The van der Waals surface area contributed by atoms with Gasteiger partial charge in [-0.25, -0.2) is 4.39 Å². The maximum Gasteiger partial charge on any atom is 0.306 e. The lowest BCUT2D eigenvalue weighted by Crippen LogP contribution is -2.19. The van der Waals surface area contributed by atoms with Crippen LogP contribution in [0.3, 0.4) is 0 Å². The van der Waals surface area contributed by atoms with Gasteiger partial charge in [-0.15, -0.1) is 0 Å². The van der Waals surface area contributed by atoms with Gasteiger partial charge in [-0.3, -0.25) is 4.79 Å². The minimum Gasteiger partial charge on any atom is -0.497 e. The Hall–Kier alpha value is -1.58. The molecular weight excluding hydrogens is 235 g/mol. The Balaban J connectivity index is 2.83. The Kier molecular flexibility index (Phi) is 5.13. The van der Waals surface area contributed by atoms with E-state index in [1.807, 2.05) is 13.8 Å². The average Bonchev–Trinajstić information content (AvgIpc) is 2.29. The summed E-state index contributed by atoms with van der Waals surface area (Å²) in [5.41, 5.74) is 0.420. The summed E-state index contributed by atoms with van der Waals surface area (Å²) in [4.78, 5) is 11.1. The van der Waals surface area contributed by atoms with E-state index in [2.05, 4.69) is 0 Å². The molecule has 0 aliphatic rings. The normalized spacial score (nSPS) is 12.5. The zero-order chi connectivity index (χ0) is 13.7. The number of benzene rings is 1. The van der Waals surface area contributed by atoms with Crippen LogP contribution in [-0.2, 0) is 11.2 Å². The molecule has 0 saturated heterocycles. The minimum absolute atomic E-state index is 0.212. The number of methoxy groups -OCH3 is 1. The molecule has 1 N–H and O–H groups in total.